The largest absolute Gasteiger partial charge is 0.407 e. The summed E-state index contributed by atoms with van der Waals surface area (Å²) in [5, 5.41) is 2.37. The number of rotatable bonds is 15. The van der Waals surface area contributed by atoms with Gasteiger partial charge in [0.2, 0.25) is 0 Å². The second kappa shape index (κ2) is 13.7. The highest BCUT2D eigenvalue weighted by Gasteiger charge is 2.42. The first-order chi connectivity index (χ1) is 14.2. The summed E-state index contributed by atoms with van der Waals surface area (Å²) in [6.45, 7) is 6.75. The normalized spacial score (nSPS) is 12.8. The second-order valence-corrected chi connectivity index (χ2v) is 10.7. The zero-order chi connectivity index (χ0) is 20.8. The van der Waals surface area contributed by atoms with Crippen LogP contribution in [-0.4, -0.2) is 35.5 Å². The maximum Gasteiger partial charge on any atom is 0.407 e. The Balaban J connectivity index is 2.20. The summed E-state index contributed by atoms with van der Waals surface area (Å²) in [6, 6.07) is 21.1. The quantitative estimate of drug-likeness (QED) is 0.306. The summed E-state index contributed by atoms with van der Waals surface area (Å²) in [4.78, 5) is 0. The van der Waals surface area contributed by atoms with E-state index in [1.807, 2.05) is 0 Å². The van der Waals surface area contributed by atoms with Crippen molar-refractivity contribution < 1.29 is 13.6 Å². The lowest BCUT2D eigenvalue weighted by molar-refractivity contribution is 0.157. The van der Waals surface area contributed by atoms with Gasteiger partial charge in [-0.05, 0) is 35.6 Å². The zero-order valence-electron chi connectivity index (χ0n) is 18.4. The predicted octanol–water partition coefficient (Wildman–Crippen LogP) is 4.92. The minimum Gasteiger partial charge on any atom is -0.388 e. The molecule has 0 radical (unpaired) electrons. The van der Waals surface area contributed by atoms with E-state index in [-0.39, 0.29) is 0 Å². The molecule has 3 nitrogen and oxygen atoms in total. The average Bonchev–Trinajstić information content (AvgIpc) is 2.77. The minimum atomic E-state index is -2.74. The van der Waals surface area contributed by atoms with E-state index in [0.717, 1.165) is 32.5 Å². The van der Waals surface area contributed by atoms with E-state index in [2.05, 4.69) is 74.5 Å². The monoisotopic (exact) mass is 414 g/mol. The molecular formula is C25H38O3Si. The van der Waals surface area contributed by atoms with Crippen LogP contribution in [0.15, 0.2) is 60.7 Å². The molecule has 1 atom stereocenters. The standard InChI is InChI=1S/C25H38O3Si/c1-4-5-6-13-20-27-29(24-14-9-7-10-15-24,25-16-11-8-12-17-25)28-22-19-23(2)18-21-26-3/h7-12,14-17,23H,4-6,13,18-22H2,1-3H3. The van der Waals surface area contributed by atoms with Crippen molar-refractivity contribution in [2.24, 2.45) is 5.92 Å². The smallest absolute Gasteiger partial charge is 0.388 e. The third kappa shape index (κ3) is 7.70. The molecule has 29 heavy (non-hydrogen) atoms. The van der Waals surface area contributed by atoms with E-state index in [1.54, 1.807) is 7.11 Å². The van der Waals surface area contributed by atoms with Crippen LogP contribution in [0.2, 0.25) is 0 Å². The van der Waals surface area contributed by atoms with Crippen LogP contribution in [0.4, 0.5) is 0 Å². The third-order valence-corrected chi connectivity index (χ3v) is 8.75. The summed E-state index contributed by atoms with van der Waals surface area (Å²) in [7, 11) is -0.975. The first-order valence-corrected chi connectivity index (χ1v) is 12.9. The van der Waals surface area contributed by atoms with Gasteiger partial charge in [0.1, 0.15) is 0 Å². The molecule has 160 valence electrons. The van der Waals surface area contributed by atoms with Gasteiger partial charge < -0.3 is 13.6 Å². The van der Waals surface area contributed by atoms with Crippen LogP contribution in [-0.2, 0) is 13.6 Å². The van der Waals surface area contributed by atoms with Crippen LogP contribution in [0.5, 0.6) is 0 Å². The van der Waals surface area contributed by atoms with E-state index in [4.69, 9.17) is 13.6 Å². The maximum absolute atomic E-state index is 6.73. The number of benzene rings is 2. The van der Waals surface area contributed by atoms with Crippen molar-refractivity contribution in [3.05, 3.63) is 60.7 Å². The third-order valence-electron chi connectivity index (χ3n) is 5.34. The van der Waals surface area contributed by atoms with Gasteiger partial charge in [0.05, 0.1) is 0 Å². The molecule has 0 spiro atoms. The van der Waals surface area contributed by atoms with Crippen molar-refractivity contribution in [2.45, 2.75) is 52.4 Å². The van der Waals surface area contributed by atoms with E-state index in [0.29, 0.717) is 12.5 Å². The summed E-state index contributed by atoms with van der Waals surface area (Å²) >= 11 is 0. The number of ether oxygens (including phenoxy) is 1. The summed E-state index contributed by atoms with van der Waals surface area (Å²) in [5.74, 6) is 0.567. The molecule has 2 aromatic carbocycles. The van der Waals surface area contributed by atoms with Gasteiger partial charge in [0.25, 0.3) is 0 Å². The highest BCUT2D eigenvalue weighted by Crippen LogP contribution is 2.15. The van der Waals surface area contributed by atoms with Crippen molar-refractivity contribution >= 4 is 18.9 Å². The van der Waals surface area contributed by atoms with Gasteiger partial charge in [-0.25, -0.2) is 0 Å². The summed E-state index contributed by atoms with van der Waals surface area (Å²) < 4.78 is 18.7. The van der Waals surface area contributed by atoms with Crippen molar-refractivity contribution in [1.29, 1.82) is 0 Å². The SMILES string of the molecule is CCCCCCO[Si](OCCC(C)CCOC)(c1ccccc1)c1ccccc1. The van der Waals surface area contributed by atoms with Gasteiger partial charge >= 0.3 is 8.56 Å². The summed E-state index contributed by atoms with van der Waals surface area (Å²) in [6.07, 6.45) is 6.84. The van der Waals surface area contributed by atoms with Gasteiger partial charge in [-0.15, -0.1) is 0 Å². The molecule has 2 aromatic rings. The molecule has 0 saturated carbocycles. The topological polar surface area (TPSA) is 27.7 Å². The second-order valence-electron chi connectivity index (χ2n) is 7.78. The van der Waals surface area contributed by atoms with E-state index < -0.39 is 8.56 Å². The molecule has 4 heteroatoms. The van der Waals surface area contributed by atoms with Crippen molar-refractivity contribution in [2.75, 3.05) is 26.9 Å². The fourth-order valence-electron chi connectivity index (χ4n) is 3.47. The molecule has 0 aliphatic carbocycles. The van der Waals surface area contributed by atoms with Crippen LogP contribution in [0.3, 0.4) is 0 Å². The number of methoxy groups -OCH3 is 1. The minimum absolute atomic E-state index is 0.567. The Bertz CT molecular complexity index is 608. The Morgan fingerprint density at radius 1 is 0.724 bits per heavy atom. The van der Waals surface area contributed by atoms with Crippen LogP contribution in [0, 0.1) is 5.92 Å². The lowest BCUT2D eigenvalue weighted by Gasteiger charge is -2.32. The molecule has 0 fully saturated rings. The Morgan fingerprint density at radius 3 is 1.83 bits per heavy atom. The van der Waals surface area contributed by atoms with Crippen LogP contribution in [0.25, 0.3) is 0 Å². The van der Waals surface area contributed by atoms with Crippen molar-refractivity contribution in [3.63, 3.8) is 0 Å². The van der Waals surface area contributed by atoms with Gasteiger partial charge in [-0.2, -0.15) is 0 Å². The molecule has 0 aliphatic rings. The predicted molar refractivity (Wildman–Crippen MR) is 124 cm³/mol. The molecule has 0 aromatic heterocycles. The van der Waals surface area contributed by atoms with E-state index in [1.165, 1.54) is 29.6 Å². The van der Waals surface area contributed by atoms with Gasteiger partial charge in [0, 0.05) is 26.9 Å². The Kier molecular flexibility index (Phi) is 11.3. The van der Waals surface area contributed by atoms with Crippen molar-refractivity contribution in [1.82, 2.24) is 0 Å². The first-order valence-electron chi connectivity index (χ1n) is 11.1. The maximum atomic E-state index is 6.73. The number of unbranched alkanes of at least 4 members (excludes halogenated alkanes) is 3. The molecule has 0 N–H and O–H groups in total. The molecule has 0 heterocycles. The zero-order valence-corrected chi connectivity index (χ0v) is 19.4. The molecule has 0 bridgehead atoms. The molecule has 0 amide bonds. The molecular weight excluding hydrogens is 376 g/mol. The molecule has 2 rings (SSSR count). The van der Waals surface area contributed by atoms with E-state index >= 15 is 0 Å². The molecule has 1 unspecified atom stereocenters. The first kappa shape index (κ1) is 23.8. The van der Waals surface area contributed by atoms with Crippen LogP contribution in [0.1, 0.15) is 52.4 Å². The number of hydrogen-bond acceptors (Lipinski definition) is 3. The Morgan fingerprint density at radius 2 is 1.28 bits per heavy atom. The highest BCUT2D eigenvalue weighted by atomic mass is 28.4. The van der Waals surface area contributed by atoms with Gasteiger partial charge in [-0.1, -0.05) is 93.8 Å². The Labute approximate surface area is 178 Å². The summed E-state index contributed by atoms with van der Waals surface area (Å²) in [5.41, 5.74) is 0. The van der Waals surface area contributed by atoms with Gasteiger partial charge in [0.15, 0.2) is 0 Å². The van der Waals surface area contributed by atoms with E-state index in [9.17, 15) is 0 Å². The fourth-order valence-corrected chi connectivity index (χ4v) is 6.65. The molecule has 0 saturated heterocycles. The fraction of sp³-hybridized carbons (Fsp3) is 0.520. The van der Waals surface area contributed by atoms with Crippen LogP contribution < -0.4 is 10.4 Å². The average molecular weight is 415 g/mol. The lowest BCUT2D eigenvalue weighted by Crippen LogP contribution is -2.63. The van der Waals surface area contributed by atoms with Crippen molar-refractivity contribution in [3.8, 4) is 0 Å². The van der Waals surface area contributed by atoms with Gasteiger partial charge in [-0.3, -0.25) is 0 Å². The molecule has 0 aliphatic heterocycles. The Hall–Kier alpha value is -1.46. The number of hydrogen-bond donors (Lipinski definition) is 0. The lowest BCUT2D eigenvalue weighted by atomic mass is 10.1. The van der Waals surface area contributed by atoms with Crippen LogP contribution >= 0.6 is 0 Å². The highest BCUT2D eigenvalue weighted by molar-refractivity contribution is 6.92.